The molecule has 2 fully saturated rings. The first kappa shape index (κ1) is 21.7. The third kappa shape index (κ3) is 5.43. The van der Waals surface area contributed by atoms with Crippen molar-refractivity contribution in [3.8, 4) is 0 Å². The highest BCUT2D eigenvalue weighted by atomic mass is 16.4. The van der Waals surface area contributed by atoms with Gasteiger partial charge in [-0.1, -0.05) is 39.5 Å². The number of carboxylic acid groups (broad SMARTS) is 2. The molecule has 2 rings (SSSR count). The van der Waals surface area contributed by atoms with E-state index in [1.54, 1.807) is 6.92 Å². The number of aliphatic carboxylic acids is 2. The van der Waals surface area contributed by atoms with Crippen LogP contribution in [0.3, 0.4) is 0 Å². The number of hydrogen-bond acceptors (Lipinski definition) is 4. The summed E-state index contributed by atoms with van der Waals surface area (Å²) >= 11 is 0. The molecule has 7 heteroatoms. The highest BCUT2D eigenvalue weighted by Crippen LogP contribution is 2.40. The fourth-order valence-electron chi connectivity index (χ4n) is 4.60. The predicted octanol–water partition coefficient (Wildman–Crippen LogP) is 2.49. The maximum atomic E-state index is 13.1. The van der Waals surface area contributed by atoms with Crippen molar-refractivity contribution < 1.29 is 24.6 Å². The zero-order valence-electron chi connectivity index (χ0n) is 16.7. The van der Waals surface area contributed by atoms with Crippen LogP contribution in [0.25, 0.3) is 0 Å². The molecule has 0 bridgehead atoms. The molecule has 0 radical (unpaired) electrons. The predicted molar refractivity (Wildman–Crippen MR) is 101 cm³/mol. The quantitative estimate of drug-likeness (QED) is 0.566. The topological polar surface area (TPSA) is 107 Å². The van der Waals surface area contributed by atoms with Crippen LogP contribution in [0, 0.1) is 11.8 Å². The second kappa shape index (κ2) is 9.53. The van der Waals surface area contributed by atoms with Crippen LogP contribution in [0.4, 0.5) is 0 Å². The maximum Gasteiger partial charge on any atom is 0.326 e. The van der Waals surface area contributed by atoms with Crippen molar-refractivity contribution in [2.24, 2.45) is 11.8 Å². The number of nitrogens with one attached hydrogen (secondary N) is 1. The summed E-state index contributed by atoms with van der Waals surface area (Å²) in [5.74, 6) is -1.46. The van der Waals surface area contributed by atoms with Crippen molar-refractivity contribution in [1.82, 2.24) is 10.2 Å². The van der Waals surface area contributed by atoms with E-state index in [4.69, 9.17) is 0 Å². The summed E-state index contributed by atoms with van der Waals surface area (Å²) in [4.78, 5) is 37.9. The van der Waals surface area contributed by atoms with Gasteiger partial charge in [0.2, 0.25) is 5.91 Å². The molecule has 1 aliphatic heterocycles. The molecular weight excluding hydrogens is 348 g/mol. The highest BCUT2D eigenvalue weighted by molar-refractivity contribution is 5.88. The van der Waals surface area contributed by atoms with Gasteiger partial charge in [-0.25, -0.2) is 4.79 Å². The van der Waals surface area contributed by atoms with Gasteiger partial charge in [0.25, 0.3) is 0 Å². The van der Waals surface area contributed by atoms with Crippen LogP contribution < -0.4 is 5.32 Å². The normalized spacial score (nSPS) is 27.3. The Kier molecular flexibility index (Phi) is 7.65. The number of rotatable bonds is 9. The van der Waals surface area contributed by atoms with E-state index in [1.807, 2.05) is 0 Å². The molecular formula is C20H34N2O5. The minimum atomic E-state index is -0.967. The molecule has 0 aromatic carbocycles. The Balaban J connectivity index is 2.04. The first-order valence-electron chi connectivity index (χ1n) is 10.3. The fraction of sp³-hybridized carbons (Fsp3) is 0.850. The summed E-state index contributed by atoms with van der Waals surface area (Å²) in [6, 6.07) is -2.33. The summed E-state index contributed by atoms with van der Waals surface area (Å²) in [7, 11) is 0. The molecule has 2 aliphatic rings. The van der Waals surface area contributed by atoms with Gasteiger partial charge in [0.15, 0.2) is 0 Å². The van der Waals surface area contributed by atoms with E-state index < -0.39 is 30.1 Å². The Morgan fingerprint density at radius 2 is 1.74 bits per heavy atom. The van der Waals surface area contributed by atoms with Crippen LogP contribution in [0.2, 0.25) is 0 Å². The monoisotopic (exact) mass is 382 g/mol. The molecule has 5 atom stereocenters. The van der Waals surface area contributed by atoms with Gasteiger partial charge in [-0.3, -0.25) is 14.9 Å². The Labute approximate surface area is 161 Å². The molecule has 0 aromatic rings. The number of hydrogen-bond donors (Lipinski definition) is 3. The van der Waals surface area contributed by atoms with Crippen LogP contribution in [0.5, 0.6) is 0 Å². The SMILES string of the molecule is CC(C)CCCC(N[C@@H](C)C(=O)N1C(C(=O)O)CC2CCCCC21)C(=O)O. The first-order chi connectivity index (χ1) is 12.7. The number of carbonyl (C=O) groups excluding carboxylic acids is 1. The van der Waals surface area contributed by atoms with Gasteiger partial charge in [0.1, 0.15) is 12.1 Å². The van der Waals surface area contributed by atoms with Crippen LogP contribution in [0.15, 0.2) is 0 Å². The van der Waals surface area contributed by atoms with Crippen LogP contribution in [-0.2, 0) is 14.4 Å². The van der Waals surface area contributed by atoms with E-state index in [2.05, 4.69) is 19.2 Å². The maximum absolute atomic E-state index is 13.1. The lowest BCUT2D eigenvalue weighted by Gasteiger charge is -2.35. The Hall–Kier alpha value is -1.63. The van der Waals surface area contributed by atoms with Crippen molar-refractivity contribution in [2.45, 2.75) is 96.3 Å². The van der Waals surface area contributed by atoms with Gasteiger partial charge in [-0.05, 0) is 44.4 Å². The standard InChI is InChI=1S/C20H34N2O5/c1-12(2)7-6-9-15(19(24)25)21-13(3)18(23)22-16-10-5-4-8-14(16)11-17(22)20(26)27/h12-17,21H,4-11H2,1-3H3,(H,24,25)(H,26,27)/t13-,14?,15?,16?,17?/m0/s1. The average Bonchev–Trinajstić information content (AvgIpc) is 2.99. The zero-order chi connectivity index (χ0) is 20.1. The third-order valence-electron chi connectivity index (χ3n) is 6.02. The molecule has 154 valence electrons. The van der Waals surface area contributed by atoms with Gasteiger partial charge in [-0.15, -0.1) is 0 Å². The summed E-state index contributed by atoms with van der Waals surface area (Å²) in [6.07, 6.45) is 6.57. The molecule has 3 N–H and O–H groups in total. The Morgan fingerprint density at radius 3 is 2.33 bits per heavy atom. The lowest BCUT2D eigenvalue weighted by Crippen LogP contribution is -2.55. The molecule has 1 heterocycles. The molecule has 0 spiro atoms. The van der Waals surface area contributed by atoms with Gasteiger partial charge in [0, 0.05) is 6.04 Å². The van der Waals surface area contributed by atoms with Gasteiger partial charge in [0.05, 0.1) is 6.04 Å². The van der Waals surface area contributed by atoms with Crippen LogP contribution in [0.1, 0.15) is 72.1 Å². The van der Waals surface area contributed by atoms with Gasteiger partial charge < -0.3 is 15.1 Å². The van der Waals surface area contributed by atoms with Crippen LogP contribution in [-0.4, -0.2) is 57.1 Å². The molecule has 0 aromatic heterocycles. The fourth-order valence-corrected chi connectivity index (χ4v) is 4.60. The molecule has 1 saturated heterocycles. The first-order valence-corrected chi connectivity index (χ1v) is 10.3. The van der Waals surface area contributed by atoms with E-state index in [1.165, 1.54) is 4.90 Å². The molecule has 7 nitrogen and oxygen atoms in total. The Morgan fingerprint density at radius 1 is 1.07 bits per heavy atom. The second-order valence-electron chi connectivity index (χ2n) is 8.55. The Bertz CT molecular complexity index is 550. The summed E-state index contributed by atoms with van der Waals surface area (Å²) < 4.78 is 0. The highest BCUT2D eigenvalue weighted by Gasteiger charge is 2.48. The van der Waals surface area contributed by atoms with E-state index in [0.29, 0.717) is 18.8 Å². The lowest BCUT2D eigenvalue weighted by molar-refractivity contribution is -0.151. The largest absolute Gasteiger partial charge is 0.480 e. The molecule has 4 unspecified atom stereocenters. The van der Waals surface area contributed by atoms with Gasteiger partial charge >= 0.3 is 11.9 Å². The van der Waals surface area contributed by atoms with Crippen molar-refractivity contribution >= 4 is 17.8 Å². The second-order valence-corrected chi connectivity index (χ2v) is 8.55. The van der Waals surface area contributed by atoms with E-state index in [0.717, 1.165) is 38.5 Å². The molecule has 27 heavy (non-hydrogen) atoms. The van der Waals surface area contributed by atoms with Crippen molar-refractivity contribution in [3.63, 3.8) is 0 Å². The number of carbonyl (C=O) groups is 3. The van der Waals surface area contributed by atoms with Crippen molar-refractivity contribution in [1.29, 1.82) is 0 Å². The third-order valence-corrected chi connectivity index (χ3v) is 6.02. The smallest absolute Gasteiger partial charge is 0.326 e. The molecule has 1 aliphatic carbocycles. The lowest BCUT2D eigenvalue weighted by atomic mass is 9.84. The summed E-state index contributed by atoms with van der Waals surface area (Å²) in [6.45, 7) is 5.83. The van der Waals surface area contributed by atoms with Gasteiger partial charge in [-0.2, -0.15) is 0 Å². The van der Waals surface area contributed by atoms with Crippen molar-refractivity contribution in [3.05, 3.63) is 0 Å². The number of likely N-dealkylation sites (tertiary alicyclic amines) is 1. The molecule has 1 saturated carbocycles. The number of amides is 1. The van der Waals surface area contributed by atoms with Crippen molar-refractivity contribution in [2.75, 3.05) is 0 Å². The summed E-state index contributed by atoms with van der Waals surface area (Å²) in [5, 5.41) is 22.0. The minimum Gasteiger partial charge on any atom is -0.480 e. The van der Waals surface area contributed by atoms with E-state index >= 15 is 0 Å². The minimum absolute atomic E-state index is 0.0270. The average molecular weight is 383 g/mol. The number of nitrogens with zero attached hydrogens (tertiary/aromatic N) is 1. The molecule has 1 amide bonds. The zero-order valence-corrected chi connectivity index (χ0v) is 16.7. The van der Waals surface area contributed by atoms with E-state index in [9.17, 15) is 24.6 Å². The van der Waals surface area contributed by atoms with Crippen LogP contribution >= 0.6 is 0 Å². The number of carboxylic acids is 2. The number of fused-ring (bicyclic) bond motifs is 1. The van der Waals surface area contributed by atoms with E-state index in [-0.39, 0.29) is 17.9 Å². The summed E-state index contributed by atoms with van der Waals surface area (Å²) in [5.41, 5.74) is 0.